The summed E-state index contributed by atoms with van der Waals surface area (Å²) in [6, 6.07) is 0.265. The summed E-state index contributed by atoms with van der Waals surface area (Å²) in [5.41, 5.74) is 0. The summed E-state index contributed by atoms with van der Waals surface area (Å²) in [5, 5.41) is 0. The average molecular weight is 272 g/mol. The highest BCUT2D eigenvalue weighted by Crippen LogP contribution is 2.06. The predicted molar refractivity (Wildman–Crippen MR) is 80.4 cm³/mol. The molecular formula is C15H32N2O2. The third-order valence-corrected chi connectivity index (χ3v) is 3.61. The Morgan fingerprint density at radius 1 is 1.05 bits per heavy atom. The van der Waals surface area contributed by atoms with Crippen molar-refractivity contribution in [3.8, 4) is 0 Å². The molecule has 1 atom stereocenters. The van der Waals surface area contributed by atoms with Gasteiger partial charge in [-0.2, -0.15) is 0 Å². The molecule has 0 bridgehead atoms. The maximum Gasteiger partial charge on any atom is 0.307 e. The minimum absolute atomic E-state index is 0.0859. The molecule has 114 valence electrons. The number of carbonyl (C=O) groups is 1. The second-order valence-corrected chi connectivity index (χ2v) is 4.87. The van der Waals surface area contributed by atoms with Crippen molar-refractivity contribution in [2.24, 2.45) is 0 Å². The zero-order valence-corrected chi connectivity index (χ0v) is 13.4. The highest BCUT2D eigenvalue weighted by Gasteiger charge is 2.16. The Hall–Kier alpha value is -0.610. The molecule has 0 saturated heterocycles. The summed E-state index contributed by atoms with van der Waals surface area (Å²) < 4.78 is 5.01. The van der Waals surface area contributed by atoms with Crippen molar-refractivity contribution in [2.75, 3.05) is 39.3 Å². The van der Waals surface area contributed by atoms with Crippen molar-refractivity contribution in [3.05, 3.63) is 0 Å². The van der Waals surface area contributed by atoms with Gasteiger partial charge in [-0.25, -0.2) is 0 Å². The molecule has 0 N–H and O–H groups in total. The molecule has 0 rings (SSSR count). The molecule has 0 aromatic carbocycles. The van der Waals surface area contributed by atoms with Gasteiger partial charge in [-0.1, -0.05) is 20.8 Å². The quantitative estimate of drug-likeness (QED) is 0.541. The first-order valence-electron chi connectivity index (χ1n) is 7.70. The molecule has 4 nitrogen and oxygen atoms in total. The lowest BCUT2D eigenvalue weighted by molar-refractivity contribution is -0.144. The molecule has 0 aliphatic heterocycles. The van der Waals surface area contributed by atoms with Gasteiger partial charge < -0.3 is 14.5 Å². The molecule has 0 amide bonds. The summed E-state index contributed by atoms with van der Waals surface area (Å²) in [4.78, 5) is 16.3. The van der Waals surface area contributed by atoms with E-state index in [9.17, 15) is 4.79 Å². The van der Waals surface area contributed by atoms with Crippen LogP contribution in [0.25, 0.3) is 0 Å². The van der Waals surface area contributed by atoms with Gasteiger partial charge in [0.05, 0.1) is 13.0 Å². The topological polar surface area (TPSA) is 32.8 Å². The van der Waals surface area contributed by atoms with E-state index in [4.69, 9.17) is 4.74 Å². The predicted octanol–water partition coefficient (Wildman–Crippen LogP) is 2.38. The molecule has 0 aromatic heterocycles. The SMILES string of the molecule is CCOC(=O)CC(C)N(CC)CCCN(CC)CC. The number of nitrogens with zero attached hydrogens (tertiary/aromatic N) is 2. The van der Waals surface area contributed by atoms with E-state index in [-0.39, 0.29) is 12.0 Å². The minimum Gasteiger partial charge on any atom is -0.466 e. The van der Waals surface area contributed by atoms with Crippen LogP contribution < -0.4 is 0 Å². The summed E-state index contributed by atoms with van der Waals surface area (Å²) in [6.07, 6.45) is 1.65. The number of hydrogen-bond donors (Lipinski definition) is 0. The molecule has 1 unspecified atom stereocenters. The van der Waals surface area contributed by atoms with E-state index in [0.29, 0.717) is 13.0 Å². The summed E-state index contributed by atoms with van der Waals surface area (Å²) in [6.45, 7) is 16.4. The minimum atomic E-state index is -0.0859. The van der Waals surface area contributed by atoms with Crippen LogP contribution in [0.15, 0.2) is 0 Å². The van der Waals surface area contributed by atoms with E-state index >= 15 is 0 Å². The Morgan fingerprint density at radius 3 is 2.16 bits per heavy atom. The third-order valence-electron chi connectivity index (χ3n) is 3.61. The van der Waals surface area contributed by atoms with Crippen LogP contribution in [0.3, 0.4) is 0 Å². The number of rotatable bonds is 11. The lowest BCUT2D eigenvalue weighted by Gasteiger charge is -2.28. The Kier molecular flexibility index (Phi) is 10.9. The lowest BCUT2D eigenvalue weighted by Crippen LogP contribution is -2.37. The smallest absolute Gasteiger partial charge is 0.307 e. The van der Waals surface area contributed by atoms with Crippen molar-refractivity contribution < 1.29 is 9.53 Å². The van der Waals surface area contributed by atoms with Crippen LogP contribution in [-0.4, -0.2) is 61.1 Å². The van der Waals surface area contributed by atoms with Crippen molar-refractivity contribution in [2.45, 2.75) is 53.5 Å². The van der Waals surface area contributed by atoms with Gasteiger partial charge in [0, 0.05) is 6.04 Å². The van der Waals surface area contributed by atoms with Gasteiger partial charge in [-0.15, -0.1) is 0 Å². The van der Waals surface area contributed by atoms with Crippen molar-refractivity contribution >= 4 is 5.97 Å². The van der Waals surface area contributed by atoms with E-state index in [2.05, 4.69) is 37.5 Å². The van der Waals surface area contributed by atoms with Gasteiger partial charge in [0.2, 0.25) is 0 Å². The first kappa shape index (κ1) is 18.4. The van der Waals surface area contributed by atoms with Crippen LogP contribution in [0.5, 0.6) is 0 Å². The second-order valence-electron chi connectivity index (χ2n) is 4.87. The Morgan fingerprint density at radius 2 is 1.68 bits per heavy atom. The third kappa shape index (κ3) is 8.22. The highest BCUT2D eigenvalue weighted by molar-refractivity contribution is 5.70. The lowest BCUT2D eigenvalue weighted by atomic mass is 10.2. The van der Waals surface area contributed by atoms with Gasteiger partial charge in [-0.3, -0.25) is 4.79 Å². The molecule has 0 saturated carbocycles. The normalized spacial score (nSPS) is 13.0. The average Bonchev–Trinajstić information content (AvgIpc) is 2.39. The van der Waals surface area contributed by atoms with E-state index < -0.39 is 0 Å². The summed E-state index contributed by atoms with van der Waals surface area (Å²) >= 11 is 0. The molecule has 0 radical (unpaired) electrons. The zero-order valence-electron chi connectivity index (χ0n) is 13.4. The fourth-order valence-electron chi connectivity index (χ4n) is 2.32. The van der Waals surface area contributed by atoms with E-state index in [1.807, 2.05) is 6.92 Å². The fraction of sp³-hybridized carbons (Fsp3) is 0.933. The molecule has 0 fully saturated rings. The molecule has 0 heterocycles. The molecule has 0 aliphatic rings. The van der Waals surface area contributed by atoms with Crippen LogP contribution in [0, 0.1) is 0 Å². The fourth-order valence-corrected chi connectivity index (χ4v) is 2.32. The maximum absolute atomic E-state index is 11.5. The standard InChI is InChI=1S/C15H32N2O2/c1-6-16(7-2)11-10-12-17(8-3)14(5)13-15(18)19-9-4/h14H,6-13H2,1-5H3. The van der Waals surface area contributed by atoms with Crippen molar-refractivity contribution in [1.82, 2.24) is 9.80 Å². The number of carbonyl (C=O) groups excluding carboxylic acids is 1. The van der Waals surface area contributed by atoms with Crippen molar-refractivity contribution in [1.29, 1.82) is 0 Å². The van der Waals surface area contributed by atoms with Gasteiger partial charge >= 0.3 is 5.97 Å². The zero-order chi connectivity index (χ0) is 14.7. The summed E-state index contributed by atoms with van der Waals surface area (Å²) in [5.74, 6) is -0.0859. The molecule has 19 heavy (non-hydrogen) atoms. The number of ether oxygens (including phenoxy) is 1. The van der Waals surface area contributed by atoms with E-state index in [1.165, 1.54) is 0 Å². The Balaban J connectivity index is 4.01. The molecule has 4 heteroatoms. The first-order valence-corrected chi connectivity index (χ1v) is 7.70. The van der Waals surface area contributed by atoms with Crippen molar-refractivity contribution in [3.63, 3.8) is 0 Å². The number of hydrogen-bond acceptors (Lipinski definition) is 4. The van der Waals surface area contributed by atoms with Crippen LogP contribution in [0.1, 0.15) is 47.5 Å². The van der Waals surface area contributed by atoms with Gasteiger partial charge in [-0.05, 0) is 53.0 Å². The first-order chi connectivity index (χ1) is 9.08. The Labute approximate surface area is 119 Å². The van der Waals surface area contributed by atoms with Crippen LogP contribution in [-0.2, 0) is 9.53 Å². The van der Waals surface area contributed by atoms with Gasteiger partial charge in [0.15, 0.2) is 0 Å². The largest absolute Gasteiger partial charge is 0.466 e. The molecule has 0 aromatic rings. The van der Waals surface area contributed by atoms with Gasteiger partial charge in [0.1, 0.15) is 0 Å². The van der Waals surface area contributed by atoms with Crippen LogP contribution in [0.4, 0.5) is 0 Å². The number of esters is 1. The van der Waals surface area contributed by atoms with E-state index in [1.54, 1.807) is 0 Å². The van der Waals surface area contributed by atoms with Gasteiger partial charge in [0.25, 0.3) is 0 Å². The molecule has 0 aliphatic carbocycles. The molecule has 0 spiro atoms. The highest BCUT2D eigenvalue weighted by atomic mass is 16.5. The maximum atomic E-state index is 11.5. The Bertz CT molecular complexity index is 230. The van der Waals surface area contributed by atoms with Crippen LogP contribution >= 0.6 is 0 Å². The monoisotopic (exact) mass is 272 g/mol. The van der Waals surface area contributed by atoms with Crippen LogP contribution in [0.2, 0.25) is 0 Å². The summed E-state index contributed by atoms with van der Waals surface area (Å²) in [7, 11) is 0. The molecular weight excluding hydrogens is 240 g/mol. The second kappa shape index (κ2) is 11.2. The van der Waals surface area contributed by atoms with E-state index in [0.717, 1.165) is 39.1 Å².